The number of anilines is 1. The van der Waals surface area contributed by atoms with Crippen molar-refractivity contribution in [2.45, 2.75) is 18.9 Å². The third-order valence-corrected chi connectivity index (χ3v) is 4.82. The van der Waals surface area contributed by atoms with Gasteiger partial charge in [0.25, 0.3) is 5.91 Å². The van der Waals surface area contributed by atoms with Crippen LogP contribution in [0.4, 0.5) is 5.69 Å². The fraction of sp³-hybridized carbons (Fsp3) is 0.263. The van der Waals surface area contributed by atoms with Gasteiger partial charge in [-0.2, -0.15) is 0 Å². The maximum atomic E-state index is 12.9. The molecule has 0 radical (unpaired) electrons. The summed E-state index contributed by atoms with van der Waals surface area (Å²) in [7, 11) is 1.48. The van der Waals surface area contributed by atoms with Crippen molar-refractivity contribution in [3.63, 3.8) is 0 Å². The molecule has 6 nitrogen and oxygen atoms in total. The molecule has 3 rings (SSSR count). The Morgan fingerprint density at radius 1 is 1.19 bits per heavy atom. The summed E-state index contributed by atoms with van der Waals surface area (Å²) in [5.41, 5.74) is 0.556. The highest BCUT2D eigenvalue weighted by atomic mass is 35.5. The monoisotopic (exact) mass is 408 g/mol. The summed E-state index contributed by atoms with van der Waals surface area (Å²) in [6.45, 7) is 0.421. The fourth-order valence-corrected chi connectivity index (χ4v) is 3.63. The van der Waals surface area contributed by atoms with Crippen molar-refractivity contribution >= 4 is 40.7 Å². The number of carbonyl (C=O) groups is 2. The van der Waals surface area contributed by atoms with Gasteiger partial charge in [-0.05, 0) is 49.2 Å². The first kappa shape index (κ1) is 19.3. The highest BCUT2D eigenvalue weighted by Crippen LogP contribution is 2.29. The Hall–Kier alpha value is -2.44. The molecule has 8 heteroatoms. The second-order valence-corrected chi connectivity index (χ2v) is 7.06. The SMILES string of the molecule is COc1ccc(O)c(C(=O)N2CCCC2C(=O)Nc2cc(Cl)cc(Cl)c2)c1. The van der Waals surface area contributed by atoms with Crippen LogP contribution < -0.4 is 10.1 Å². The van der Waals surface area contributed by atoms with Crippen molar-refractivity contribution in [3.05, 3.63) is 52.0 Å². The first-order valence-electron chi connectivity index (χ1n) is 8.34. The number of nitrogens with one attached hydrogen (secondary N) is 1. The van der Waals surface area contributed by atoms with Crippen molar-refractivity contribution < 1.29 is 19.4 Å². The van der Waals surface area contributed by atoms with Gasteiger partial charge in [0.1, 0.15) is 17.5 Å². The number of methoxy groups -OCH3 is 1. The lowest BCUT2D eigenvalue weighted by atomic mass is 10.1. The van der Waals surface area contributed by atoms with Crippen LogP contribution in [0, 0.1) is 0 Å². The number of rotatable bonds is 4. The van der Waals surface area contributed by atoms with Gasteiger partial charge in [-0.15, -0.1) is 0 Å². The number of likely N-dealkylation sites (tertiary alicyclic amines) is 1. The molecule has 2 aromatic rings. The molecule has 27 heavy (non-hydrogen) atoms. The number of benzene rings is 2. The fourth-order valence-electron chi connectivity index (χ4n) is 3.10. The first-order chi connectivity index (χ1) is 12.9. The Balaban J connectivity index is 1.80. The molecule has 1 atom stereocenters. The van der Waals surface area contributed by atoms with E-state index >= 15 is 0 Å². The molecular formula is C19H18Cl2N2O4. The first-order valence-corrected chi connectivity index (χ1v) is 9.09. The summed E-state index contributed by atoms with van der Waals surface area (Å²) in [6.07, 6.45) is 1.21. The van der Waals surface area contributed by atoms with E-state index in [4.69, 9.17) is 27.9 Å². The minimum absolute atomic E-state index is 0.0971. The highest BCUT2D eigenvalue weighted by molar-refractivity contribution is 6.35. The third kappa shape index (κ3) is 4.28. The van der Waals surface area contributed by atoms with Gasteiger partial charge in [-0.1, -0.05) is 23.2 Å². The number of phenols is 1. The van der Waals surface area contributed by atoms with E-state index in [2.05, 4.69) is 5.32 Å². The van der Waals surface area contributed by atoms with Crippen molar-refractivity contribution in [1.29, 1.82) is 0 Å². The Labute approximate surface area is 166 Å². The zero-order valence-corrected chi connectivity index (χ0v) is 16.0. The van der Waals surface area contributed by atoms with E-state index in [1.54, 1.807) is 24.3 Å². The second-order valence-electron chi connectivity index (χ2n) is 6.19. The molecule has 1 unspecified atom stereocenters. The van der Waals surface area contributed by atoms with E-state index in [0.29, 0.717) is 40.9 Å². The zero-order valence-electron chi connectivity index (χ0n) is 14.5. The van der Waals surface area contributed by atoms with Crippen LogP contribution in [0.15, 0.2) is 36.4 Å². The molecule has 0 spiro atoms. The lowest BCUT2D eigenvalue weighted by molar-refractivity contribution is -0.119. The Bertz CT molecular complexity index is 868. The maximum absolute atomic E-state index is 12.9. The molecule has 2 N–H and O–H groups in total. The standard InChI is InChI=1S/C19H18Cl2N2O4/c1-27-14-4-5-17(24)15(10-14)19(26)23-6-2-3-16(23)18(25)22-13-8-11(20)7-12(21)9-13/h4-5,7-10,16,24H,2-3,6H2,1H3,(H,22,25). The quantitative estimate of drug-likeness (QED) is 0.802. The van der Waals surface area contributed by atoms with Crippen LogP contribution in [0.5, 0.6) is 11.5 Å². The molecule has 1 aliphatic heterocycles. The summed E-state index contributed by atoms with van der Waals surface area (Å²) in [5, 5.41) is 13.6. The number of hydrogen-bond acceptors (Lipinski definition) is 4. The molecule has 1 aliphatic rings. The average molecular weight is 409 g/mol. The predicted molar refractivity (Wildman–Crippen MR) is 104 cm³/mol. The molecular weight excluding hydrogens is 391 g/mol. The van der Waals surface area contributed by atoms with E-state index in [1.165, 1.54) is 24.1 Å². The summed E-state index contributed by atoms with van der Waals surface area (Å²) >= 11 is 11.9. The molecule has 1 heterocycles. The van der Waals surface area contributed by atoms with E-state index in [1.807, 2.05) is 0 Å². The highest BCUT2D eigenvalue weighted by Gasteiger charge is 2.35. The molecule has 0 aliphatic carbocycles. The van der Waals surface area contributed by atoms with Crippen molar-refractivity contribution in [3.8, 4) is 11.5 Å². The summed E-state index contributed by atoms with van der Waals surface area (Å²) in [4.78, 5) is 27.1. The minimum atomic E-state index is -0.652. The summed E-state index contributed by atoms with van der Waals surface area (Å²) in [5.74, 6) is -0.465. The van der Waals surface area contributed by atoms with Gasteiger partial charge < -0.3 is 20.1 Å². The smallest absolute Gasteiger partial charge is 0.258 e. The number of nitrogens with zero attached hydrogens (tertiary/aromatic N) is 1. The normalized spacial score (nSPS) is 16.3. The van der Waals surface area contributed by atoms with Gasteiger partial charge in [-0.3, -0.25) is 9.59 Å². The van der Waals surface area contributed by atoms with Gasteiger partial charge in [0, 0.05) is 22.3 Å². The topological polar surface area (TPSA) is 78.9 Å². The molecule has 0 saturated carbocycles. The Kier molecular flexibility index (Phi) is 5.77. The molecule has 0 bridgehead atoms. The average Bonchev–Trinajstić information content (AvgIpc) is 3.10. The Morgan fingerprint density at radius 3 is 2.56 bits per heavy atom. The molecule has 142 valence electrons. The lowest BCUT2D eigenvalue weighted by Gasteiger charge is -2.24. The number of aromatic hydroxyl groups is 1. The van der Waals surface area contributed by atoms with Gasteiger partial charge >= 0.3 is 0 Å². The van der Waals surface area contributed by atoms with E-state index in [9.17, 15) is 14.7 Å². The maximum Gasteiger partial charge on any atom is 0.258 e. The number of amides is 2. The van der Waals surface area contributed by atoms with E-state index < -0.39 is 11.9 Å². The third-order valence-electron chi connectivity index (χ3n) is 4.38. The summed E-state index contributed by atoms with van der Waals surface area (Å²) < 4.78 is 5.11. The predicted octanol–water partition coefficient (Wildman–Crippen LogP) is 3.95. The van der Waals surface area contributed by atoms with E-state index in [-0.39, 0.29) is 17.2 Å². The van der Waals surface area contributed by atoms with Gasteiger partial charge in [-0.25, -0.2) is 0 Å². The van der Waals surface area contributed by atoms with Gasteiger partial charge in [0.2, 0.25) is 5.91 Å². The van der Waals surface area contributed by atoms with E-state index in [0.717, 1.165) is 0 Å². The van der Waals surface area contributed by atoms with Crippen LogP contribution in [-0.4, -0.2) is 41.5 Å². The van der Waals surface area contributed by atoms with Crippen molar-refractivity contribution in [2.75, 3.05) is 19.0 Å². The largest absolute Gasteiger partial charge is 0.507 e. The number of halogens is 2. The zero-order chi connectivity index (χ0) is 19.6. The molecule has 1 fully saturated rings. The van der Waals surface area contributed by atoms with Crippen LogP contribution in [0.2, 0.25) is 10.0 Å². The van der Waals surface area contributed by atoms with Crippen LogP contribution in [-0.2, 0) is 4.79 Å². The minimum Gasteiger partial charge on any atom is -0.507 e. The van der Waals surface area contributed by atoms with Crippen LogP contribution >= 0.6 is 23.2 Å². The van der Waals surface area contributed by atoms with Gasteiger partial charge in [0.05, 0.1) is 12.7 Å². The number of hydrogen-bond donors (Lipinski definition) is 2. The Morgan fingerprint density at radius 2 is 1.89 bits per heavy atom. The molecule has 0 aromatic heterocycles. The van der Waals surface area contributed by atoms with Crippen molar-refractivity contribution in [1.82, 2.24) is 4.90 Å². The van der Waals surface area contributed by atoms with Crippen LogP contribution in [0.1, 0.15) is 23.2 Å². The number of phenolic OH excluding ortho intramolecular Hbond substituents is 1. The number of ether oxygens (including phenoxy) is 1. The second kappa shape index (κ2) is 8.06. The molecule has 2 aromatic carbocycles. The molecule has 1 saturated heterocycles. The summed E-state index contributed by atoms with van der Waals surface area (Å²) in [6, 6.07) is 8.49. The van der Waals surface area contributed by atoms with Crippen LogP contribution in [0.3, 0.4) is 0 Å². The van der Waals surface area contributed by atoms with Gasteiger partial charge in [0.15, 0.2) is 0 Å². The lowest BCUT2D eigenvalue weighted by Crippen LogP contribution is -2.43. The molecule has 2 amide bonds. The van der Waals surface area contributed by atoms with Crippen LogP contribution in [0.25, 0.3) is 0 Å². The van der Waals surface area contributed by atoms with Crippen molar-refractivity contribution in [2.24, 2.45) is 0 Å². The number of carbonyl (C=O) groups excluding carboxylic acids is 2.